The van der Waals surface area contributed by atoms with Crippen LogP contribution in [-0.4, -0.2) is 91.6 Å². The highest BCUT2D eigenvalue weighted by Gasteiger charge is 2.22. The van der Waals surface area contributed by atoms with Crippen molar-refractivity contribution < 1.29 is 50.6 Å². The lowest BCUT2D eigenvalue weighted by Gasteiger charge is -2.05. The Morgan fingerprint density at radius 3 is 1.20 bits per heavy atom. The van der Waals surface area contributed by atoms with Crippen LogP contribution in [0.2, 0.25) is 0 Å². The van der Waals surface area contributed by atoms with Gasteiger partial charge in [0.2, 0.25) is 47.3 Å². The Morgan fingerprint density at radius 2 is 0.827 bits per heavy atom. The molecule has 12 aromatic rings. The highest BCUT2D eigenvalue weighted by molar-refractivity contribution is 6.23. The molecule has 0 aliphatic carbocycles. The van der Waals surface area contributed by atoms with Crippen molar-refractivity contribution in [1.29, 1.82) is 0 Å². The molecule has 0 saturated heterocycles. The zero-order valence-corrected chi connectivity index (χ0v) is 43.6. The highest BCUT2D eigenvalue weighted by Crippen LogP contribution is 2.38. The van der Waals surface area contributed by atoms with E-state index in [9.17, 15) is 27.9 Å². The molecule has 12 rings (SSSR count). The number of anilines is 3. The zero-order chi connectivity index (χ0) is 56.7. The predicted octanol–water partition coefficient (Wildman–Crippen LogP) is 10.2. The minimum atomic E-state index is -0.319. The summed E-state index contributed by atoms with van der Waals surface area (Å²) >= 11 is 5.59. The lowest BCUT2D eigenvalue weighted by atomic mass is 10.1. The predicted molar refractivity (Wildman–Crippen MR) is 289 cm³/mol. The smallest absolute Gasteiger partial charge is 0.251 e. The van der Waals surface area contributed by atoms with E-state index in [1.165, 1.54) is 64.5 Å². The van der Waals surface area contributed by atoms with Crippen LogP contribution in [0, 0.1) is 17.5 Å². The van der Waals surface area contributed by atoms with Crippen molar-refractivity contribution in [3.8, 4) is 51.6 Å². The SMILES string of the molecule is CC(=O)Nc1nc2c(O)c(-c3nnc(Cc4ccc(F)cc4)o3)ccc2[nH]1.COc1c(-c2nnc(Cc3ccc(F)cc3)o2)ccc2[nH]c(NC(C)=O)nc12.COc1c(-c2nnc(Cc3ccc(F)cc3)o2)ccc2[nH]c(NCl)nc12. The number of phenolic OH excluding ortho intramolecular Hbond substituents is 1. The zero-order valence-electron chi connectivity index (χ0n) is 42.9. The van der Waals surface area contributed by atoms with E-state index in [0.717, 1.165) is 22.2 Å². The van der Waals surface area contributed by atoms with E-state index in [4.69, 9.17) is 34.5 Å². The number of rotatable bonds is 14. The Bertz CT molecular complexity index is 4200. The van der Waals surface area contributed by atoms with Crippen LogP contribution >= 0.6 is 11.8 Å². The number of benzene rings is 6. The van der Waals surface area contributed by atoms with E-state index in [1.807, 2.05) is 6.07 Å². The van der Waals surface area contributed by atoms with Crippen LogP contribution < -0.4 is 24.9 Å². The van der Waals surface area contributed by atoms with Gasteiger partial charge in [-0.05, 0) is 89.5 Å². The molecule has 6 heterocycles. The van der Waals surface area contributed by atoms with Gasteiger partial charge in [0.05, 0.1) is 66.7 Å². The van der Waals surface area contributed by atoms with Gasteiger partial charge in [0.1, 0.15) is 34.0 Å². The van der Waals surface area contributed by atoms with Crippen molar-refractivity contribution in [2.75, 3.05) is 29.7 Å². The molecule has 0 aliphatic heterocycles. The number of aromatic nitrogens is 12. The van der Waals surface area contributed by atoms with Gasteiger partial charge in [-0.1, -0.05) is 36.4 Å². The standard InChI is InChI=1S/C19H16FN5O3.C18H14FN5O3.C17H13ClFN5O2/c1-10(26)21-19-22-14-8-7-13(17(27-2)16(14)23-19)18-25-24-15(28-18)9-11-3-5-12(20)6-4-11;1-9(25)20-18-21-13-7-6-12(16(26)15(13)22-18)17-24-23-14(27-17)8-10-2-4-11(19)5-3-10;1-25-15-11(6-7-12-14(15)21-17(20-12)22-18)16-24-23-13(26-16)8-9-2-4-10(19)5-3-9/h3-8H,9H2,1-2H3,(H2,21,22,23,26);2-7,26H,8H2,1H3,(H2,20,21,22,25);2-7H,8H2,1H3,(H2,20,21,22). The van der Waals surface area contributed by atoms with Gasteiger partial charge in [0.25, 0.3) is 17.7 Å². The van der Waals surface area contributed by atoms with Crippen molar-refractivity contribution in [3.05, 3.63) is 161 Å². The average Bonchev–Trinajstić information content (AvgIpc) is 4.38. The second-order valence-corrected chi connectivity index (χ2v) is 17.8. The van der Waals surface area contributed by atoms with E-state index in [0.29, 0.717) is 105 Å². The largest absolute Gasteiger partial charge is 0.505 e. The highest BCUT2D eigenvalue weighted by atomic mass is 35.5. The number of phenols is 1. The van der Waals surface area contributed by atoms with Crippen LogP contribution in [-0.2, 0) is 28.9 Å². The second-order valence-electron chi connectivity index (χ2n) is 17.6. The first kappa shape index (κ1) is 53.8. The maximum atomic E-state index is 13.0. The van der Waals surface area contributed by atoms with Gasteiger partial charge in [0, 0.05) is 25.6 Å². The molecule has 0 bridgehead atoms. The van der Waals surface area contributed by atoms with Crippen molar-refractivity contribution in [2.45, 2.75) is 33.1 Å². The number of hydrogen-bond acceptors (Lipinski definition) is 18. The number of nitrogens with one attached hydrogen (secondary N) is 6. The summed E-state index contributed by atoms with van der Waals surface area (Å²) in [6.07, 6.45) is 1.12. The number of aromatic hydroxyl groups is 1. The fourth-order valence-electron chi connectivity index (χ4n) is 8.21. The molecule has 0 unspecified atom stereocenters. The van der Waals surface area contributed by atoms with E-state index in [1.54, 1.807) is 66.7 Å². The van der Waals surface area contributed by atoms with Crippen molar-refractivity contribution >= 4 is 74.5 Å². The van der Waals surface area contributed by atoms with E-state index in [-0.39, 0.29) is 58.3 Å². The number of hydrogen-bond donors (Lipinski definition) is 7. The summed E-state index contributed by atoms with van der Waals surface area (Å²) in [7, 11) is 3.05. The molecule has 410 valence electrons. The quantitative estimate of drug-likeness (QED) is 0.0498. The molecule has 0 atom stereocenters. The minimum absolute atomic E-state index is 0.135. The lowest BCUT2D eigenvalue weighted by molar-refractivity contribution is -0.115. The van der Waals surface area contributed by atoms with Gasteiger partial charge in [-0.2, -0.15) is 0 Å². The molecular formula is C54H43ClF3N15O8. The maximum Gasteiger partial charge on any atom is 0.251 e. The number of carbonyl (C=O) groups excluding carboxylic acids is 2. The molecule has 0 radical (unpaired) electrons. The summed E-state index contributed by atoms with van der Waals surface area (Å²) in [4.78, 5) is 46.6. The Hall–Kier alpha value is -10.6. The van der Waals surface area contributed by atoms with Gasteiger partial charge in [0.15, 0.2) is 17.2 Å². The van der Waals surface area contributed by atoms with Crippen molar-refractivity contribution in [2.24, 2.45) is 0 Å². The number of fused-ring (bicyclic) bond motifs is 3. The van der Waals surface area contributed by atoms with Crippen LogP contribution in [0.5, 0.6) is 17.2 Å². The third-order valence-corrected chi connectivity index (χ3v) is 12.0. The van der Waals surface area contributed by atoms with Gasteiger partial charge >= 0.3 is 0 Å². The third kappa shape index (κ3) is 12.4. The molecular weight excluding hydrogens is 1080 g/mol. The number of ether oxygens (including phenoxy) is 2. The molecule has 23 nitrogen and oxygen atoms in total. The molecule has 81 heavy (non-hydrogen) atoms. The Kier molecular flexibility index (Phi) is 15.6. The number of H-pyrrole nitrogens is 3. The van der Waals surface area contributed by atoms with E-state index in [2.05, 4.69) is 76.0 Å². The summed E-state index contributed by atoms with van der Waals surface area (Å²) in [5.74, 6) is 2.19. The Morgan fingerprint density at radius 1 is 0.494 bits per heavy atom. The summed E-state index contributed by atoms with van der Waals surface area (Å²) < 4.78 is 67.2. The number of aromatic amines is 3. The van der Waals surface area contributed by atoms with Crippen molar-refractivity contribution in [1.82, 2.24) is 60.5 Å². The summed E-state index contributed by atoms with van der Waals surface area (Å²) in [6, 6.07) is 28.7. The molecule has 27 heteroatoms. The number of amides is 2. The topological polar surface area (TPSA) is 312 Å². The van der Waals surface area contributed by atoms with Crippen LogP contribution in [0.25, 0.3) is 67.5 Å². The molecule has 7 N–H and O–H groups in total. The van der Waals surface area contributed by atoms with Crippen LogP contribution in [0.3, 0.4) is 0 Å². The monoisotopic (exact) mass is 1120 g/mol. The molecule has 2 amide bonds. The lowest BCUT2D eigenvalue weighted by Crippen LogP contribution is -2.06. The molecule has 6 aromatic heterocycles. The third-order valence-electron chi connectivity index (χ3n) is 11.8. The normalized spacial score (nSPS) is 11.0. The van der Waals surface area contributed by atoms with Crippen LogP contribution in [0.15, 0.2) is 122 Å². The van der Waals surface area contributed by atoms with E-state index < -0.39 is 0 Å². The molecule has 6 aromatic carbocycles. The maximum absolute atomic E-state index is 13.0. The van der Waals surface area contributed by atoms with Gasteiger partial charge in [-0.3, -0.25) is 25.1 Å². The first-order chi connectivity index (χ1) is 39.2. The Balaban J connectivity index is 0.000000136. The van der Waals surface area contributed by atoms with E-state index >= 15 is 0 Å². The van der Waals surface area contributed by atoms with Gasteiger partial charge in [-0.25, -0.2) is 28.1 Å². The molecule has 0 fully saturated rings. The first-order valence-electron chi connectivity index (χ1n) is 24.2. The van der Waals surface area contributed by atoms with Gasteiger partial charge in [-0.15, -0.1) is 30.6 Å². The average molecular weight is 1120 g/mol. The summed E-state index contributed by atoms with van der Waals surface area (Å²) in [6.45, 7) is 2.76. The second kappa shape index (κ2) is 23.5. The number of nitrogens with zero attached hydrogens (tertiary/aromatic N) is 9. The first-order valence-corrected chi connectivity index (χ1v) is 24.6. The van der Waals surface area contributed by atoms with Crippen LogP contribution in [0.1, 0.15) is 48.2 Å². The number of imidazole rings is 3. The Labute approximate surface area is 459 Å². The fourth-order valence-corrected chi connectivity index (χ4v) is 8.30. The number of halogens is 4. The number of methoxy groups -OCH3 is 2. The summed E-state index contributed by atoms with van der Waals surface area (Å²) in [5, 5.41) is 39.9. The van der Waals surface area contributed by atoms with Gasteiger partial charge < -0.3 is 42.8 Å². The van der Waals surface area contributed by atoms with Crippen LogP contribution in [0.4, 0.5) is 31.0 Å². The molecule has 0 saturated carbocycles. The molecule has 0 aliphatic rings. The summed E-state index contributed by atoms with van der Waals surface area (Å²) in [5.41, 5.74) is 7.43. The fraction of sp³-hybridized carbons (Fsp3) is 0.130. The minimum Gasteiger partial charge on any atom is -0.505 e. The number of carbonyl (C=O) groups is 2. The van der Waals surface area contributed by atoms with Crippen molar-refractivity contribution in [3.63, 3.8) is 0 Å². The molecule has 0 spiro atoms.